The monoisotopic (exact) mass is 586 g/mol. The van der Waals surface area contributed by atoms with Gasteiger partial charge in [-0.05, 0) is 45.1 Å². The number of amides is 1. The van der Waals surface area contributed by atoms with E-state index in [1.54, 1.807) is 32.2 Å². The van der Waals surface area contributed by atoms with Gasteiger partial charge in [-0.15, -0.1) is 0 Å². The molecule has 0 aromatic carbocycles. The Hall–Kier alpha value is -4.19. The fraction of sp³-hybridized carbons (Fsp3) is 0.321. The average molecular weight is 587 g/mol. The molecule has 1 aliphatic heterocycles. The van der Waals surface area contributed by atoms with Crippen molar-refractivity contribution in [3.05, 3.63) is 92.3 Å². The fourth-order valence-corrected chi connectivity index (χ4v) is 5.06. The van der Waals surface area contributed by atoms with Gasteiger partial charge in [0, 0.05) is 37.0 Å². The smallest absolute Gasteiger partial charge is 0.277 e. The molecule has 0 saturated heterocycles. The Kier molecular flexibility index (Phi) is 7.60. The summed E-state index contributed by atoms with van der Waals surface area (Å²) in [7, 11) is 0. The molecule has 1 aliphatic rings. The molecule has 4 aromatic rings. The van der Waals surface area contributed by atoms with Crippen LogP contribution in [0.2, 0.25) is 5.02 Å². The van der Waals surface area contributed by atoms with Gasteiger partial charge in [0.25, 0.3) is 5.56 Å². The predicted molar refractivity (Wildman–Crippen MR) is 144 cm³/mol. The number of ether oxygens (including phenoxy) is 1. The van der Waals surface area contributed by atoms with Crippen LogP contribution >= 0.6 is 11.6 Å². The molecule has 41 heavy (non-hydrogen) atoms. The van der Waals surface area contributed by atoms with E-state index < -0.39 is 28.5 Å². The lowest BCUT2D eigenvalue weighted by atomic mass is 10.0. The highest BCUT2D eigenvalue weighted by Gasteiger charge is 2.29. The third-order valence-electron chi connectivity index (χ3n) is 6.74. The molecule has 214 valence electrons. The largest absolute Gasteiger partial charge is 0.485 e. The first-order chi connectivity index (χ1) is 19.4. The summed E-state index contributed by atoms with van der Waals surface area (Å²) in [5.41, 5.74) is 0.132. The first-order valence-corrected chi connectivity index (χ1v) is 13.2. The molecule has 9 nitrogen and oxygen atoms in total. The van der Waals surface area contributed by atoms with E-state index >= 15 is 0 Å². The maximum absolute atomic E-state index is 14.9. The molecule has 0 unspecified atom stereocenters. The van der Waals surface area contributed by atoms with Crippen LogP contribution in [0.25, 0.3) is 11.5 Å². The number of hydrogen-bond acceptors (Lipinski definition) is 6. The van der Waals surface area contributed by atoms with Crippen LogP contribution in [0.1, 0.15) is 56.3 Å². The molecule has 0 atom stereocenters. The number of pyridine rings is 3. The molecule has 5 heterocycles. The van der Waals surface area contributed by atoms with Gasteiger partial charge in [-0.3, -0.25) is 19.1 Å². The molecule has 5 rings (SSSR count). The SMILES string of the molecule is CC(=O)NC(C)(C)c1nn(-c2cc3c(cn2)CCCCc2cc(OCc4ncc(F)cc4F)c(Cl)c(=O)n2-3)cc1F. The summed E-state index contributed by atoms with van der Waals surface area (Å²) in [6, 6.07) is 3.93. The van der Waals surface area contributed by atoms with Crippen molar-refractivity contribution in [3.63, 3.8) is 0 Å². The highest BCUT2D eigenvalue weighted by molar-refractivity contribution is 6.31. The fourth-order valence-electron chi connectivity index (χ4n) is 4.86. The molecular formula is C28H26ClF3N6O3. The number of nitrogens with one attached hydrogen (secondary N) is 1. The average Bonchev–Trinajstić information content (AvgIpc) is 3.29. The van der Waals surface area contributed by atoms with E-state index in [2.05, 4.69) is 20.4 Å². The number of nitrogens with zero attached hydrogens (tertiary/aromatic N) is 5. The van der Waals surface area contributed by atoms with E-state index in [1.807, 2.05) is 0 Å². The third-order valence-corrected chi connectivity index (χ3v) is 7.09. The molecule has 0 aliphatic carbocycles. The molecular weight excluding hydrogens is 561 g/mol. The summed E-state index contributed by atoms with van der Waals surface area (Å²) < 4.78 is 50.6. The lowest BCUT2D eigenvalue weighted by molar-refractivity contribution is -0.120. The lowest BCUT2D eigenvalue weighted by Gasteiger charge is -2.23. The molecule has 0 fully saturated rings. The van der Waals surface area contributed by atoms with Crippen LogP contribution in [0.4, 0.5) is 13.2 Å². The number of carbonyl (C=O) groups is 1. The van der Waals surface area contributed by atoms with Crippen molar-refractivity contribution in [1.82, 2.24) is 29.6 Å². The van der Waals surface area contributed by atoms with E-state index in [0.29, 0.717) is 30.3 Å². The van der Waals surface area contributed by atoms with Gasteiger partial charge in [-0.2, -0.15) is 5.10 Å². The van der Waals surface area contributed by atoms with Gasteiger partial charge in [-0.25, -0.2) is 22.8 Å². The minimum absolute atomic E-state index is 0.0238. The van der Waals surface area contributed by atoms with E-state index in [0.717, 1.165) is 30.8 Å². The zero-order valence-electron chi connectivity index (χ0n) is 22.5. The Labute approximate surface area is 238 Å². The summed E-state index contributed by atoms with van der Waals surface area (Å²) in [6.07, 6.45) is 6.40. The van der Waals surface area contributed by atoms with Crippen LogP contribution < -0.4 is 15.6 Å². The lowest BCUT2D eigenvalue weighted by Crippen LogP contribution is -2.40. The van der Waals surface area contributed by atoms with Crippen molar-refractivity contribution in [1.29, 1.82) is 0 Å². The van der Waals surface area contributed by atoms with Gasteiger partial charge in [-0.1, -0.05) is 11.6 Å². The van der Waals surface area contributed by atoms with Crippen LogP contribution in [0, 0.1) is 17.5 Å². The molecule has 0 bridgehead atoms. The highest BCUT2D eigenvalue weighted by atomic mass is 35.5. The van der Waals surface area contributed by atoms with E-state index in [9.17, 15) is 22.8 Å². The number of halogens is 4. The van der Waals surface area contributed by atoms with E-state index in [1.165, 1.54) is 16.2 Å². The zero-order valence-corrected chi connectivity index (χ0v) is 23.2. The number of rotatable bonds is 6. The Morgan fingerprint density at radius 1 is 1.10 bits per heavy atom. The summed E-state index contributed by atoms with van der Waals surface area (Å²) in [5.74, 6) is -2.37. The minimum atomic E-state index is -1.08. The molecule has 13 heteroatoms. The molecule has 0 spiro atoms. The van der Waals surface area contributed by atoms with Gasteiger partial charge >= 0.3 is 0 Å². The van der Waals surface area contributed by atoms with Crippen LogP contribution in [-0.2, 0) is 29.8 Å². The second-order valence-electron chi connectivity index (χ2n) is 10.3. The molecule has 0 saturated carbocycles. The quantitative estimate of drug-likeness (QED) is 0.351. The highest BCUT2D eigenvalue weighted by Crippen LogP contribution is 2.30. The second kappa shape index (κ2) is 11.0. The number of fused-ring (bicyclic) bond motifs is 3. The zero-order chi connectivity index (χ0) is 29.5. The summed E-state index contributed by atoms with van der Waals surface area (Å²) in [5, 5.41) is 6.79. The Balaban J connectivity index is 1.55. The minimum Gasteiger partial charge on any atom is -0.485 e. The van der Waals surface area contributed by atoms with Crippen molar-refractivity contribution in [2.24, 2.45) is 0 Å². The first-order valence-electron chi connectivity index (χ1n) is 12.9. The number of hydrogen-bond donors (Lipinski definition) is 1. The molecule has 1 N–H and O–H groups in total. The third kappa shape index (κ3) is 5.69. The number of carbonyl (C=O) groups excluding carboxylic acids is 1. The van der Waals surface area contributed by atoms with Gasteiger partial charge in [0.05, 0.1) is 23.6 Å². The van der Waals surface area contributed by atoms with Crippen LogP contribution in [-0.4, -0.2) is 30.2 Å². The summed E-state index contributed by atoms with van der Waals surface area (Å²) in [6.45, 7) is 4.25. The molecule has 4 aromatic heterocycles. The predicted octanol–water partition coefficient (Wildman–Crippen LogP) is 4.71. The van der Waals surface area contributed by atoms with Gasteiger partial charge < -0.3 is 10.1 Å². The van der Waals surface area contributed by atoms with Crippen molar-refractivity contribution >= 4 is 17.5 Å². The maximum Gasteiger partial charge on any atom is 0.277 e. The Bertz CT molecular complexity index is 1720. The van der Waals surface area contributed by atoms with Crippen molar-refractivity contribution in [3.8, 4) is 17.3 Å². The van der Waals surface area contributed by atoms with Crippen molar-refractivity contribution in [2.75, 3.05) is 0 Å². The van der Waals surface area contributed by atoms with Crippen LogP contribution in [0.15, 0.2) is 41.6 Å². The second-order valence-corrected chi connectivity index (χ2v) is 10.7. The summed E-state index contributed by atoms with van der Waals surface area (Å²) >= 11 is 6.44. The van der Waals surface area contributed by atoms with Crippen molar-refractivity contribution in [2.45, 2.75) is 58.6 Å². The van der Waals surface area contributed by atoms with E-state index in [4.69, 9.17) is 16.3 Å². The Morgan fingerprint density at radius 3 is 2.59 bits per heavy atom. The number of aryl methyl sites for hydroxylation is 2. The van der Waals surface area contributed by atoms with Crippen molar-refractivity contribution < 1.29 is 22.7 Å². The van der Waals surface area contributed by atoms with Crippen LogP contribution in [0.3, 0.4) is 0 Å². The molecule has 1 amide bonds. The maximum atomic E-state index is 14.9. The normalized spacial score (nSPS) is 13.1. The van der Waals surface area contributed by atoms with E-state index in [-0.39, 0.29) is 40.5 Å². The Morgan fingerprint density at radius 2 is 1.85 bits per heavy atom. The van der Waals surface area contributed by atoms with Gasteiger partial charge in [0.2, 0.25) is 5.91 Å². The molecule has 0 radical (unpaired) electrons. The van der Waals surface area contributed by atoms with Crippen LogP contribution in [0.5, 0.6) is 5.75 Å². The van der Waals surface area contributed by atoms with Gasteiger partial charge in [0.1, 0.15) is 34.6 Å². The first kappa shape index (κ1) is 28.3. The number of aromatic nitrogens is 5. The standard InChI is InChI=1S/C28H26ClF3N6O3/c1-15(39)35-28(2,3)26-20(32)13-37(36-26)24-10-22-16(11-34-24)6-4-5-7-18-9-23(25(29)27(40)38(18)22)41-14-21-19(31)8-17(30)12-33-21/h8-13H,4-7,14H2,1-3H3,(H,35,39). The summed E-state index contributed by atoms with van der Waals surface area (Å²) in [4.78, 5) is 33.4. The topological polar surface area (TPSA) is 104 Å². The van der Waals surface area contributed by atoms with Gasteiger partial charge in [0.15, 0.2) is 17.5 Å².